The fraction of sp³-hybridized carbons (Fsp3) is 0.318. The molecule has 2 aromatic rings. The first-order valence-electron chi connectivity index (χ1n) is 9.20. The molecular formula is C22H27N3O3. The molecule has 0 fully saturated rings. The smallest absolute Gasteiger partial charge is 0.255 e. The lowest BCUT2D eigenvalue weighted by molar-refractivity contribution is -0.118. The minimum absolute atomic E-state index is 0.123. The average molecular weight is 381 g/mol. The third-order valence-corrected chi connectivity index (χ3v) is 3.83. The number of para-hydroxylation sites is 1. The summed E-state index contributed by atoms with van der Waals surface area (Å²) in [4.78, 5) is 37.1. The molecule has 6 nitrogen and oxygen atoms in total. The van der Waals surface area contributed by atoms with Crippen molar-refractivity contribution in [2.24, 2.45) is 5.92 Å². The summed E-state index contributed by atoms with van der Waals surface area (Å²) in [5.41, 5.74) is 1.34. The molecule has 2 aromatic carbocycles. The second-order valence-electron chi connectivity index (χ2n) is 7.93. The topological polar surface area (TPSA) is 87.3 Å². The Hall–Kier alpha value is -3.15. The molecule has 0 bridgehead atoms. The van der Waals surface area contributed by atoms with Crippen LogP contribution in [0.3, 0.4) is 0 Å². The molecule has 0 aliphatic rings. The Balaban J connectivity index is 2.20. The monoisotopic (exact) mass is 381 g/mol. The standard InChI is InChI=1S/C22H27N3O3/c1-14(2)19(26)23-16-10-8-9-15(13-16)20(27)24-18-12-7-6-11-17(18)21(28)25-22(3,4)5/h6-14H,1-5H3,(H,23,26)(H,24,27)(H,25,28). The van der Waals surface area contributed by atoms with Crippen molar-refractivity contribution < 1.29 is 14.4 Å². The zero-order valence-electron chi connectivity index (χ0n) is 16.9. The first kappa shape index (κ1) is 21.2. The van der Waals surface area contributed by atoms with Crippen molar-refractivity contribution in [2.75, 3.05) is 10.6 Å². The van der Waals surface area contributed by atoms with Crippen LogP contribution >= 0.6 is 0 Å². The van der Waals surface area contributed by atoms with Gasteiger partial charge < -0.3 is 16.0 Å². The molecule has 0 radical (unpaired) electrons. The summed E-state index contributed by atoms with van der Waals surface area (Å²) in [6, 6.07) is 13.5. The number of hydrogen-bond acceptors (Lipinski definition) is 3. The van der Waals surface area contributed by atoms with Crippen LogP contribution < -0.4 is 16.0 Å². The molecular weight excluding hydrogens is 354 g/mol. The molecule has 6 heteroatoms. The Morgan fingerprint density at radius 3 is 2.18 bits per heavy atom. The molecule has 0 aromatic heterocycles. The first-order chi connectivity index (χ1) is 13.1. The van der Waals surface area contributed by atoms with Gasteiger partial charge in [0, 0.05) is 22.7 Å². The number of hydrogen-bond donors (Lipinski definition) is 3. The highest BCUT2D eigenvalue weighted by Gasteiger charge is 2.19. The van der Waals surface area contributed by atoms with E-state index in [4.69, 9.17) is 0 Å². The van der Waals surface area contributed by atoms with E-state index in [1.807, 2.05) is 20.8 Å². The summed E-state index contributed by atoms with van der Waals surface area (Å²) < 4.78 is 0. The van der Waals surface area contributed by atoms with E-state index in [1.54, 1.807) is 62.4 Å². The van der Waals surface area contributed by atoms with Crippen LogP contribution in [0.15, 0.2) is 48.5 Å². The molecule has 0 unspecified atom stereocenters. The van der Waals surface area contributed by atoms with Gasteiger partial charge in [-0.1, -0.05) is 32.0 Å². The molecule has 0 atom stereocenters. The van der Waals surface area contributed by atoms with Gasteiger partial charge in [0.15, 0.2) is 0 Å². The summed E-state index contributed by atoms with van der Waals surface area (Å²) in [5.74, 6) is -0.912. The minimum Gasteiger partial charge on any atom is -0.347 e. The number of carbonyl (C=O) groups is 3. The second-order valence-corrected chi connectivity index (χ2v) is 7.93. The van der Waals surface area contributed by atoms with Crippen molar-refractivity contribution in [2.45, 2.75) is 40.2 Å². The van der Waals surface area contributed by atoms with Gasteiger partial charge >= 0.3 is 0 Å². The van der Waals surface area contributed by atoms with Crippen molar-refractivity contribution >= 4 is 29.1 Å². The first-order valence-corrected chi connectivity index (χ1v) is 9.20. The molecule has 3 amide bonds. The Morgan fingerprint density at radius 1 is 0.857 bits per heavy atom. The van der Waals surface area contributed by atoms with Crippen LogP contribution in [0.1, 0.15) is 55.3 Å². The number of nitrogens with one attached hydrogen (secondary N) is 3. The highest BCUT2D eigenvalue weighted by atomic mass is 16.2. The Kier molecular flexibility index (Phi) is 6.57. The predicted octanol–water partition coefficient (Wildman–Crippen LogP) is 4.06. The molecule has 0 saturated heterocycles. The highest BCUT2D eigenvalue weighted by Crippen LogP contribution is 2.19. The van der Waals surface area contributed by atoms with Gasteiger partial charge in [-0.15, -0.1) is 0 Å². The summed E-state index contributed by atoms with van der Waals surface area (Å²) in [6.45, 7) is 9.27. The molecule has 0 aliphatic carbocycles. The number of benzene rings is 2. The van der Waals surface area contributed by atoms with Crippen molar-refractivity contribution in [1.29, 1.82) is 0 Å². The number of amides is 3. The fourth-order valence-electron chi connectivity index (χ4n) is 2.42. The van der Waals surface area contributed by atoms with Gasteiger partial charge in [-0.25, -0.2) is 0 Å². The van der Waals surface area contributed by atoms with E-state index in [1.165, 1.54) is 0 Å². The van der Waals surface area contributed by atoms with Crippen LogP contribution in [0, 0.1) is 5.92 Å². The van der Waals surface area contributed by atoms with E-state index in [9.17, 15) is 14.4 Å². The maximum Gasteiger partial charge on any atom is 0.255 e. The summed E-state index contributed by atoms with van der Waals surface area (Å²) >= 11 is 0. The Morgan fingerprint density at radius 2 is 1.54 bits per heavy atom. The van der Waals surface area contributed by atoms with Gasteiger partial charge in [-0.05, 0) is 51.1 Å². The summed E-state index contributed by atoms with van der Waals surface area (Å²) in [5, 5.41) is 8.45. The van der Waals surface area contributed by atoms with Crippen molar-refractivity contribution in [3.05, 3.63) is 59.7 Å². The van der Waals surface area contributed by atoms with E-state index >= 15 is 0 Å². The summed E-state index contributed by atoms with van der Waals surface area (Å²) in [6.07, 6.45) is 0. The summed E-state index contributed by atoms with van der Waals surface area (Å²) in [7, 11) is 0. The lowest BCUT2D eigenvalue weighted by atomic mass is 10.1. The third-order valence-electron chi connectivity index (χ3n) is 3.83. The minimum atomic E-state index is -0.392. The lowest BCUT2D eigenvalue weighted by Gasteiger charge is -2.21. The normalized spacial score (nSPS) is 11.1. The van der Waals surface area contributed by atoms with Gasteiger partial charge in [0.1, 0.15) is 0 Å². The van der Waals surface area contributed by atoms with Crippen LogP contribution in [0.25, 0.3) is 0 Å². The zero-order valence-corrected chi connectivity index (χ0v) is 16.9. The van der Waals surface area contributed by atoms with E-state index in [2.05, 4.69) is 16.0 Å². The highest BCUT2D eigenvalue weighted by molar-refractivity contribution is 6.09. The molecule has 28 heavy (non-hydrogen) atoms. The quantitative estimate of drug-likeness (QED) is 0.730. The largest absolute Gasteiger partial charge is 0.347 e. The number of rotatable bonds is 5. The third kappa shape index (κ3) is 5.94. The zero-order chi connectivity index (χ0) is 20.9. The van der Waals surface area contributed by atoms with Gasteiger partial charge in [0.05, 0.1) is 11.3 Å². The van der Waals surface area contributed by atoms with Gasteiger partial charge in [0.25, 0.3) is 11.8 Å². The molecule has 0 spiro atoms. The van der Waals surface area contributed by atoms with Crippen LogP contribution in [0.2, 0.25) is 0 Å². The maximum atomic E-state index is 12.7. The molecule has 0 heterocycles. The fourth-order valence-corrected chi connectivity index (χ4v) is 2.42. The van der Waals surface area contributed by atoms with E-state index in [-0.39, 0.29) is 23.6 Å². The van der Waals surface area contributed by atoms with Crippen LogP contribution in [-0.2, 0) is 4.79 Å². The number of carbonyl (C=O) groups excluding carboxylic acids is 3. The van der Waals surface area contributed by atoms with Crippen LogP contribution in [-0.4, -0.2) is 23.3 Å². The Bertz CT molecular complexity index is 883. The van der Waals surface area contributed by atoms with E-state index in [0.717, 1.165) is 0 Å². The Labute approximate surface area is 165 Å². The molecule has 3 N–H and O–H groups in total. The SMILES string of the molecule is CC(C)C(=O)Nc1cccc(C(=O)Nc2ccccc2C(=O)NC(C)(C)C)c1. The second kappa shape index (κ2) is 8.69. The average Bonchev–Trinajstić information content (AvgIpc) is 2.60. The van der Waals surface area contributed by atoms with Crippen molar-refractivity contribution in [1.82, 2.24) is 5.32 Å². The van der Waals surface area contributed by atoms with Gasteiger partial charge in [-0.2, -0.15) is 0 Å². The maximum absolute atomic E-state index is 12.7. The van der Waals surface area contributed by atoms with Gasteiger partial charge in [-0.3, -0.25) is 14.4 Å². The van der Waals surface area contributed by atoms with Gasteiger partial charge in [0.2, 0.25) is 5.91 Å². The molecule has 0 aliphatic heterocycles. The van der Waals surface area contributed by atoms with E-state index < -0.39 is 5.54 Å². The van der Waals surface area contributed by atoms with Crippen molar-refractivity contribution in [3.8, 4) is 0 Å². The molecule has 2 rings (SSSR count). The number of anilines is 2. The van der Waals surface area contributed by atoms with E-state index in [0.29, 0.717) is 22.5 Å². The lowest BCUT2D eigenvalue weighted by Crippen LogP contribution is -2.40. The predicted molar refractivity (Wildman–Crippen MR) is 112 cm³/mol. The van der Waals surface area contributed by atoms with Crippen LogP contribution in [0.4, 0.5) is 11.4 Å². The molecule has 0 saturated carbocycles. The van der Waals surface area contributed by atoms with Crippen LogP contribution in [0.5, 0.6) is 0 Å². The van der Waals surface area contributed by atoms with Crippen molar-refractivity contribution in [3.63, 3.8) is 0 Å². The molecule has 148 valence electrons.